The summed E-state index contributed by atoms with van der Waals surface area (Å²) in [6.45, 7) is 6.49. The molecule has 0 radical (unpaired) electrons. The van der Waals surface area contributed by atoms with Crippen LogP contribution >= 0.6 is 0 Å². The molecule has 134 valence electrons. The molecule has 0 spiro atoms. The highest BCUT2D eigenvalue weighted by molar-refractivity contribution is 5.92. The maximum absolute atomic E-state index is 13.1. The van der Waals surface area contributed by atoms with Crippen molar-refractivity contribution in [2.24, 2.45) is 5.92 Å². The van der Waals surface area contributed by atoms with E-state index in [1.807, 2.05) is 6.92 Å². The first-order valence-electron chi connectivity index (χ1n) is 8.29. The number of rotatable bonds is 9. The lowest BCUT2D eigenvalue weighted by atomic mass is 10.0. The number of hydrogen-bond donors (Lipinski definition) is 2. The van der Waals surface area contributed by atoms with Gasteiger partial charge in [-0.1, -0.05) is 19.9 Å². The van der Waals surface area contributed by atoms with E-state index in [2.05, 4.69) is 24.5 Å². The Labute approximate surface area is 143 Å². The van der Waals surface area contributed by atoms with Crippen molar-refractivity contribution in [3.05, 3.63) is 30.1 Å². The second-order valence-electron chi connectivity index (χ2n) is 6.67. The van der Waals surface area contributed by atoms with E-state index in [1.165, 1.54) is 18.2 Å². The summed E-state index contributed by atoms with van der Waals surface area (Å²) in [7, 11) is 1.70. The van der Waals surface area contributed by atoms with Crippen molar-refractivity contribution in [1.29, 1.82) is 0 Å². The van der Waals surface area contributed by atoms with Crippen molar-refractivity contribution in [2.75, 3.05) is 25.5 Å². The molecule has 24 heavy (non-hydrogen) atoms. The molecule has 0 saturated heterocycles. The zero-order valence-electron chi connectivity index (χ0n) is 14.9. The number of benzene rings is 1. The molecule has 1 aromatic carbocycles. The molecule has 0 bridgehead atoms. The summed E-state index contributed by atoms with van der Waals surface area (Å²) >= 11 is 0. The highest BCUT2D eigenvalue weighted by Gasteiger charge is 2.13. The largest absolute Gasteiger partial charge is 0.353 e. The predicted molar refractivity (Wildman–Crippen MR) is 94.2 cm³/mol. The van der Waals surface area contributed by atoms with Gasteiger partial charge in [0.2, 0.25) is 11.8 Å². The Morgan fingerprint density at radius 1 is 1.12 bits per heavy atom. The molecular formula is C18H28FN3O2. The van der Waals surface area contributed by atoms with E-state index in [9.17, 15) is 14.0 Å². The Hall–Kier alpha value is -1.95. The van der Waals surface area contributed by atoms with Gasteiger partial charge in [-0.05, 0) is 50.9 Å². The van der Waals surface area contributed by atoms with Crippen molar-refractivity contribution >= 4 is 17.5 Å². The number of nitrogens with one attached hydrogen (secondary N) is 2. The molecule has 2 amide bonds. The lowest BCUT2D eigenvalue weighted by molar-refractivity contribution is -0.123. The summed E-state index contributed by atoms with van der Waals surface area (Å²) in [5, 5.41) is 5.54. The van der Waals surface area contributed by atoms with Gasteiger partial charge in [0.1, 0.15) is 5.82 Å². The molecule has 0 aliphatic heterocycles. The second kappa shape index (κ2) is 10.0. The van der Waals surface area contributed by atoms with Crippen LogP contribution in [0.3, 0.4) is 0 Å². The van der Waals surface area contributed by atoms with Gasteiger partial charge in [0.15, 0.2) is 0 Å². The van der Waals surface area contributed by atoms with Gasteiger partial charge in [0, 0.05) is 11.7 Å². The Balaban J connectivity index is 2.32. The number of nitrogens with zero attached hydrogens (tertiary/aromatic N) is 1. The fraction of sp³-hybridized carbons (Fsp3) is 0.556. The third-order valence-corrected chi connectivity index (χ3v) is 3.52. The fourth-order valence-corrected chi connectivity index (χ4v) is 2.29. The summed E-state index contributed by atoms with van der Waals surface area (Å²) in [5.41, 5.74) is 0.403. The molecule has 6 heteroatoms. The van der Waals surface area contributed by atoms with Gasteiger partial charge in [0.25, 0.3) is 0 Å². The van der Waals surface area contributed by atoms with Crippen LogP contribution in [-0.4, -0.2) is 42.9 Å². The molecule has 1 atom stereocenters. The van der Waals surface area contributed by atoms with E-state index in [4.69, 9.17) is 0 Å². The van der Waals surface area contributed by atoms with Crippen LogP contribution in [0.2, 0.25) is 0 Å². The molecule has 2 N–H and O–H groups in total. The van der Waals surface area contributed by atoms with E-state index in [-0.39, 0.29) is 30.9 Å². The van der Waals surface area contributed by atoms with Crippen LogP contribution in [0, 0.1) is 11.7 Å². The molecule has 0 fully saturated rings. The van der Waals surface area contributed by atoms with Gasteiger partial charge in [-0.3, -0.25) is 14.5 Å². The average molecular weight is 337 g/mol. The van der Waals surface area contributed by atoms with Crippen molar-refractivity contribution in [1.82, 2.24) is 10.2 Å². The summed E-state index contributed by atoms with van der Waals surface area (Å²) in [6.07, 6.45) is 2.00. The van der Waals surface area contributed by atoms with Crippen LogP contribution < -0.4 is 10.6 Å². The molecule has 1 aromatic rings. The first-order valence-corrected chi connectivity index (χ1v) is 8.29. The Morgan fingerprint density at radius 3 is 2.42 bits per heavy atom. The van der Waals surface area contributed by atoms with E-state index in [1.54, 1.807) is 18.0 Å². The normalized spacial score (nSPS) is 12.3. The van der Waals surface area contributed by atoms with E-state index in [0.717, 1.165) is 12.8 Å². The second-order valence-corrected chi connectivity index (χ2v) is 6.67. The summed E-state index contributed by atoms with van der Waals surface area (Å²) in [6, 6.07) is 5.83. The van der Waals surface area contributed by atoms with Crippen LogP contribution in [0.15, 0.2) is 24.3 Å². The number of carbonyl (C=O) groups is 2. The monoisotopic (exact) mass is 337 g/mol. The first kappa shape index (κ1) is 20.1. The van der Waals surface area contributed by atoms with Gasteiger partial charge < -0.3 is 10.6 Å². The van der Waals surface area contributed by atoms with Crippen molar-refractivity contribution in [3.63, 3.8) is 0 Å². The molecule has 0 aromatic heterocycles. The molecule has 0 aliphatic carbocycles. The average Bonchev–Trinajstić information content (AvgIpc) is 2.44. The maximum Gasteiger partial charge on any atom is 0.238 e. The summed E-state index contributed by atoms with van der Waals surface area (Å²) < 4.78 is 13.1. The maximum atomic E-state index is 13.1. The van der Waals surface area contributed by atoms with Crippen LogP contribution in [0.4, 0.5) is 10.1 Å². The third kappa shape index (κ3) is 8.62. The van der Waals surface area contributed by atoms with E-state index >= 15 is 0 Å². The van der Waals surface area contributed by atoms with Gasteiger partial charge >= 0.3 is 0 Å². The molecule has 0 unspecified atom stereocenters. The number of anilines is 1. The number of halogens is 1. The van der Waals surface area contributed by atoms with E-state index < -0.39 is 5.82 Å². The summed E-state index contributed by atoms with van der Waals surface area (Å²) in [4.78, 5) is 25.5. The Bertz CT molecular complexity index is 549. The van der Waals surface area contributed by atoms with Crippen molar-refractivity contribution < 1.29 is 14.0 Å². The van der Waals surface area contributed by atoms with Crippen molar-refractivity contribution in [3.8, 4) is 0 Å². The van der Waals surface area contributed by atoms with E-state index in [0.29, 0.717) is 11.6 Å². The van der Waals surface area contributed by atoms with Crippen LogP contribution in [0.1, 0.15) is 33.6 Å². The number of hydrogen-bond acceptors (Lipinski definition) is 3. The third-order valence-electron chi connectivity index (χ3n) is 3.52. The SMILES string of the molecule is CC(C)CC[C@@H](C)NC(=O)CN(C)CC(=O)Nc1cccc(F)c1. The van der Waals surface area contributed by atoms with Gasteiger partial charge in [-0.2, -0.15) is 0 Å². The highest BCUT2D eigenvalue weighted by atomic mass is 19.1. The molecule has 1 rings (SSSR count). The molecule has 0 aliphatic rings. The molecule has 0 heterocycles. The lowest BCUT2D eigenvalue weighted by Gasteiger charge is -2.19. The fourth-order valence-electron chi connectivity index (χ4n) is 2.29. The van der Waals surface area contributed by atoms with Gasteiger partial charge in [0.05, 0.1) is 13.1 Å². The minimum atomic E-state index is -0.407. The minimum Gasteiger partial charge on any atom is -0.353 e. The smallest absolute Gasteiger partial charge is 0.238 e. The Morgan fingerprint density at radius 2 is 1.79 bits per heavy atom. The van der Waals surface area contributed by atoms with Crippen LogP contribution in [-0.2, 0) is 9.59 Å². The zero-order valence-corrected chi connectivity index (χ0v) is 14.9. The highest BCUT2D eigenvalue weighted by Crippen LogP contribution is 2.09. The Kier molecular flexibility index (Phi) is 8.40. The van der Waals surface area contributed by atoms with Crippen LogP contribution in [0.5, 0.6) is 0 Å². The van der Waals surface area contributed by atoms with Gasteiger partial charge in [-0.25, -0.2) is 4.39 Å². The lowest BCUT2D eigenvalue weighted by Crippen LogP contribution is -2.42. The number of likely N-dealkylation sites (N-methyl/N-ethyl adjacent to an activating group) is 1. The van der Waals surface area contributed by atoms with Gasteiger partial charge in [-0.15, -0.1) is 0 Å². The van der Waals surface area contributed by atoms with Crippen LogP contribution in [0.25, 0.3) is 0 Å². The predicted octanol–water partition coefficient (Wildman–Crippen LogP) is 2.64. The summed E-state index contributed by atoms with van der Waals surface area (Å²) in [5.74, 6) is -0.189. The molecular weight excluding hydrogens is 309 g/mol. The quantitative estimate of drug-likeness (QED) is 0.728. The minimum absolute atomic E-state index is 0.0598. The first-order chi connectivity index (χ1) is 11.3. The topological polar surface area (TPSA) is 61.4 Å². The number of carbonyl (C=O) groups excluding carboxylic acids is 2. The molecule has 5 nitrogen and oxygen atoms in total. The standard InChI is InChI=1S/C18H28FN3O2/c1-13(2)8-9-14(3)20-17(23)11-22(4)12-18(24)21-16-7-5-6-15(19)10-16/h5-7,10,13-14H,8-9,11-12H2,1-4H3,(H,20,23)(H,21,24)/t14-/m1/s1. The number of amides is 2. The van der Waals surface area contributed by atoms with Crippen molar-refractivity contribution in [2.45, 2.75) is 39.7 Å². The zero-order chi connectivity index (χ0) is 18.1. The molecule has 0 saturated carbocycles.